The van der Waals surface area contributed by atoms with Crippen LogP contribution in [0.2, 0.25) is 0 Å². The number of aryl methyl sites for hydroxylation is 2. The number of hydrogen-bond donors (Lipinski definition) is 0. The SMILES string of the molecule is c1ccc(-c2ccc(-c3ccc(N(c4cccc(-c5cccc6ccccc56)c4)c4ccccc4-c4cccc5oc6c(c45)CCc4ccccc4-6)cc3)cc2)cc1. The summed E-state index contributed by atoms with van der Waals surface area (Å²) < 4.78 is 6.72. The molecule has 0 aliphatic heterocycles. The van der Waals surface area contributed by atoms with Crippen molar-refractivity contribution in [3.8, 4) is 55.8 Å². The molecule has 0 N–H and O–H groups in total. The average molecular weight is 742 g/mol. The van der Waals surface area contributed by atoms with Crippen LogP contribution in [-0.4, -0.2) is 0 Å². The summed E-state index contributed by atoms with van der Waals surface area (Å²) >= 11 is 0. The largest absolute Gasteiger partial charge is 0.456 e. The second kappa shape index (κ2) is 14.3. The van der Waals surface area contributed by atoms with Crippen molar-refractivity contribution in [2.75, 3.05) is 4.90 Å². The quantitative estimate of drug-likeness (QED) is 0.162. The van der Waals surface area contributed by atoms with Crippen molar-refractivity contribution in [2.24, 2.45) is 0 Å². The molecule has 1 aromatic heterocycles. The Balaban J connectivity index is 1.07. The summed E-state index contributed by atoms with van der Waals surface area (Å²) in [6.07, 6.45) is 1.95. The Bertz CT molecular complexity index is 3100. The summed E-state index contributed by atoms with van der Waals surface area (Å²) in [6.45, 7) is 0. The molecule has 1 aliphatic carbocycles. The van der Waals surface area contributed by atoms with E-state index < -0.39 is 0 Å². The van der Waals surface area contributed by atoms with E-state index in [4.69, 9.17) is 4.42 Å². The van der Waals surface area contributed by atoms with Gasteiger partial charge in [-0.2, -0.15) is 0 Å². The Morgan fingerprint density at radius 2 is 0.966 bits per heavy atom. The number of nitrogens with zero attached hydrogens (tertiary/aromatic N) is 1. The van der Waals surface area contributed by atoms with Crippen LogP contribution in [-0.2, 0) is 12.8 Å². The Hall–Kier alpha value is -7.42. The lowest BCUT2D eigenvalue weighted by Gasteiger charge is -2.29. The molecule has 1 aliphatic rings. The zero-order valence-electron chi connectivity index (χ0n) is 32.0. The van der Waals surface area contributed by atoms with E-state index in [9.17, 15) is 0 Å². The van der Waals surface area contributed by atoms with Gasteiger partial charge >= 0.3 is 0 Å². The van der Waals surface area contributed by atoms with Crippen molar-refractivity contribution >= 4 is 38.8 Å². The number of para-hydroxylation sites is 1. The predicted octanol–water partition coefficient (Wildman–Crippen LogP) is 15.5. The van der Waals surface area contributed by atoms with Gasteiger partial charge in [-0.3, -0.25) is 0 Å². The van der Waals surface area contributed by atoms with Gasteiger partial charge < -0.3 is 9.32 Å². The Labute approximate surface area is 338 Å². The second-order valence-electron chi connectivity index (χ2n) is 15.2. The highest BCUT2D eigenvalue weighted by molar-refractivity contribution is 6.04. The molecule has 0 fully saturated rings. The van der Waals surface area contributed by atoms with E-state index in [1.54, 1.807) is 0 Å². The average Bonchev–Trinajstić information content (AvgIpc) is 3.70. The van der Waals surface area contributed by atoms with Crippen LogP contribution in [0.3, 0.4) is 0 Å². The number of furan rings is 1. The van der Waals surface area contributed by atoms with Crippen molar-refractivity contribution in [1.29, 1.82) is 0 Å². The predicted molar refractivity (Wildman–Crippen MR) is 243 cm³/mol. The topological polar surface area (TPSA) is 16.4 Å². The van der Waals surface area contributed by atoms with Gasteiger partial charge in [-0.15, -0.1) is 0 Å². The molecule has 2 nitrogen and oxygen atoms in total. The highest BCUT2D eigenvalue weighted by Crippen LogP contribution is 2.48. The second-order valence-corrected chi connectivity index (χ2v) is 15.2. The molecule has 11 rings (SSSR count). The minimum Gasteiger partial charge on any atom is -0.456 e. The maximum Gasteiger partial charge on any atom is 0.138 e. The zero-order chi connectivity index (χ0) is 38.4. The van der Waals surface area contributed by atoms with E-state index in [1.165, 1.54) is 71.8 Å². The van der Waals surface area contributed by atoms with Crippen LogP contribution in [0.5, 0.6) is 0 Å². The fraction of sp³-hybridized carbons (Fsp3) is 0.0357. The third-order valence-corrected chi connectivity index (χ3v) is 11.8. The summed E-state index contributed by atoms with van der Waals surface area (Å²) in [5.74, 6) is 1.01. The van der Waals surface area contributed by atoms with E-state index in [1.807, 2.05) is 0 Å². The fourth-order valence-corrected chi connectivity index (χ4v) is 9.01. The van der Waals surface area contributed by atoms with Crippen molar-refractivity contribution in [3.63, 3.8) is 0 Å². The van der Waals surface area contributed by atoms with E-state index in [0.717, 1.165) is 46.8 Å². The molecular formula is C56H39NO. The first-order valence-corrected chi connectivity index (χ1v) is 20.1. The molecular weight excluding hydrogens is 703 g/mol. The Morgan fingerprint density at radius 3 is 1.79 bits per heavy atom. The van der Waals surface area contributed by atoms with Crippen LogP contribution in [0, 0.1) is 0 Å². The molecule has 0 atom stereocenters. The monoisotopic (exact) mass is 741 g/mol. The standard InChI is InChI=1S/C56H39NO/c1-2-13-38(14-3-1)39-27-29-40(30-28-39)41-31-34-45(35-32-41)57(46-19-10-18-44(37-46)48-23-11-17-42-15-4-6-20-47(42)48)53-25-9-8-22-50(53)51-24-12-26-54-55(51)52-36-33-43-16-5-7-21-49(43)56(52)58-54/h1-32,34-35,37H,33,36H2. The number of hydrogen-bond acceptors (Lipinski definition) is 2. The summed E-state index contributed by atoms with van der Waals surface area (Å²) in [5, 5.41) is 3.69. The van der Waals surface area contributed by atoms with Gasteiger partial charge in [-0.25, -0.2) is 0 Å². The zero-order valence-corrected chi connectivity index (χ0v) is 32.0. The van der Waals surface area contributed by atoms with Gasteiger partial charge in [0, 0.05) is 33.5 Å². The van der Waals surface area contributed by atoms with Crippen LogP contribution in [0.1, 0.15) is 11.1 Å². The molecule has 0 saturated carbocycles. The lowest BCUT2D eigenvalue weighted by Crippen LogP contribution is -2.11. The molecule has 0 amide bonds. The van der Waals surface area contributed by atoms with Crippen molar-refractivity contribution in [3.05, 3.63) is 223 Å². The molecule has 0 spiro atoms. The molecule has 1 heterocycles. The van der Waals surface area contributed by atoms with E-state index >= 15 is 0 Å². The molecule has 0 unspecified atom stereocenters. The minimum absolute atomic E-state index is 0.932. The summed E-state index contributed by atoms with van der Waals surface area (Å²) in [5.41, 5.74) is 17.6. The van der Waals surface area contributed by atoms with E-state index in [-0.39, 0.29) is 0 Å². The van der Waals surface area contributed by atoms with Crippen LogP contribution in [0.4, 0.5) is 17.1 Å². The number of rotatable bonds is 7. The van der Waals surface area contributed by atoms with E-state index in [0.29, 0.717) is 0 Å². The molecule has 0 saturated heterocycles. The third kappa shape index (κ3) is 5.90. The molecule has 274 valence electrons. The maximum absolute atomic E-state index is 6.72. The van der Waals surface area contributed by atoms with Gasteiger partial charge in [0.15, 0.2) is 0 Å². The lowest BCUT2D eigenvalue weighted by molar-refractivity contribution is 0.621. The van der Waals surface area contributed by atoms with Crippen molar-refractivity contribution < 1.29 is 4.42 Å². The van der Waals surface area contributed by atoms with Gasteiger partial charge in [0.1, 0.15) is 11.3 Å². The van der Waals surface area contributed by atoms with Crippen molar-refractivity contribution in [2.45, 2.75) is 12.8 Å². The van der Waals surface area contributed by atoms with Crippen LogP contribution < -0.4 is 4.90 Å². The summed E-state index contributed by atoms with van der Waals surface area (Å²) in [4.78, 5) is 2.42. The van der Waals surface area contributed by atoms with Gasteiger partial charge in [-0.05, 0) is 105 Å². The van der Waals surface area contributed by atoms with Gasteiger partial charge in [-0.1, -0.05) is 176 Å². The Kier molecular flexibility index (Phi) is 8.33. The highest BCUT2D eigenvalue weighted by Gasteiger charge is 2.26. The molecule has 58 heavy (non-hydrogen) atoms. The maximum atomic E-state index is 6.72. The number of benzene rings is 9. The third-order valence-electron chi connectivity index (χ3n) is 11.8. The number of anilines is 3. The molecule has 9 aromatic carbocycles. The van der Waals surface area contributed by atoms with Gasteiger partial charge in [0.25, 0.3) is 0 Å². The summed E-state index contributed by atoms with van der Waals surface area (Å²) in [7, 11) is 0. The first kappa shape index (κ1) is 33.9. The van der Waals surface area contributed by atoms with Gasteiger partial charge in [0.2, 0.25) is 0 Å². The van der Waals surface area contributed by atoms with E-state index in [2.05, 4.69) is 217 Å². The fourth-order valence-electron chi connectivity index (χ4n) is 9.01. The molecule has 0 radical (unpaired) electrons. The first-order chi connectivity index (χ1) is 28.8. The number of fused-ring (bicyclic) bond motifs is 6. The molecule has 2 heteroatoms. The smallest absolute Gasteiger partial charge is 0.138 e. The molecule has 0 bridgehead atoms. The van der Waals surface area contributed by atoms with Crippen LogP contribution in [0.15, 0.2) is 217 Å². The lowest BCUT2D eigenvalue weighted by atomic mass is 9.87. The van der Waals surface area contributed by atoms with Crippen molar-refractivity contribution in [1.82, 2.24) is 0 Å². The highest BCUT2D eigenvalue weighted by atomic mass is 16.3. The Morgan fingerprint density at radius 1 is 0.379 bits per heavy atom. The normalized spacial score (nSPS) is 12.0. The van der Waals surface area contributed by atoms with Gasteiger partial charge in [0.05, 0.1) is 5.69 Å². The molecule has 10 aromatic rings. The summed E-state index contributed by atoms with van der Waals surface area (Å²) in [6, 6.07) is 76.8. The first-order valence-electron chi connectivity index (χ1n) is 20.1. The minimum atomic E-state index is 0.932. The van der Waals surface area contributed by atoms with Crippen LogP contribution in [0.25, 0.3) is 77.6 Å². The van der Waals surface area contributed by atoms with Crippen LogP contribution >= 0.6 is 0 Å².